The summed E-state index contributed by atoms with van der Waals surface area (Å²) in [4.78, 5) is 25.6. The summed E-state index contributed by atoms with van der Waals surface area (Å²) in [5, 5.41) is 5.64. The highest BCUT2D eigenvalue weighted by Gasteiger charge is 2.47. The first-order valence-electron chi connectivity index (χ1n) is 6.64. The first-order chi connectivity index (χ1) is 9.56. The van der Waals surface area contributed by atoms with E-state index in [9.17, 15) is 9.59 Å². The Hall–Kier alpha value is -1.88. The molecule has 3 rings (SSSR count). The van der Waals surface area contributed by atoms with Gasteiger partial charge in [0, 0.05) is 11.2 Å². The predicted molar refractivity (Wildman–Crippen MR) is 79.6 cm³/mol. The number of fused-ring (bicyclic) bond motifs is 1. The Morgan fingerprint density at radius 1 is 1.30 bits per heavy atom. The highest BCUT2D eigenvalue weighted by atomic mass is 32.1. The van der Waals surface area contributed by atoms with Gasteiger partial charge < -0.3 is 4.90 Å². The van der Waals surface area contributed by atoms with Crippen molar-refractivity contribution in [3.05, 3.63) is 35.2 Å². The molecule has 1 fully saturated rings. The average Bonchev–Trinajstić information content (AvgIpc) is 2.95. The van der Waals surface area contributed by atoms with Gasteiger partial charge >= 0.3 is 6.03 Å². The Labute approximate surface area is 121 Å². The molecular weight excluding hydrogens is 272 g/mol. The van der Waals surface area contributed by atoms with Crippen LogP contribution in [-0.2, 0) is 11.3 Å². The molecule has 0 aliphatic carbocycles. The Balaban J connectivity index is 1.98. The maximum absolute atomic E-state index is 12.0. The molecule has 1 aliphatic heterocycles. The van der Waals surface area contributed by atoms with Crippen LogP contribution in [0.15, 0.2) is 29.6 Å². The second kappa shape index (κ2) is 4.59. The number of nitrogens with zero attached hydrogens (tertiary/aromatic N) is 1. The van der Waals surface area contributed by atoms with E-state index in [0.717, 1.165) is 10.9 Å². The number of nitrogens with one attached hydrogen (secondary N) is 1. The molecule has 1 aromatic carbocycles. The largest absolute Gasteiger partial charge is 0.325 e. The van der Waals surface area contributed by atoms with E-state index in [0.29, 0.717) is 13.0 Å². The van der Waals surface area contributed by atoms with Gasteiger partial charge in [-0.25, -0.2) is 4.79 Å². The van der Waals surface area contributed by atoms with Crippen molar-refractivity contribution in [3.8, 4) is 0 Å². The van der Waals surface area contributed by atoms with Gasteiger partial charge in [0.25, 0.3) is 5.91 Å². The van der Waals surface area contributed by atoms with Crippen molar-refractivity contribution in [2.24, 2.45) is 0 Å². The van der Waals surface area contributed by atoms with Crippen LogP contribution in [0, 0.1) is 0 Å². The van der Waals surface area contributed by atoms with Crippen LogP contribution in [0.3, 0.4) is 0 Å². The van der Waals surface area contributed by atoms with E-state index < -0.39 is 5.54 Å². The van der Waals surface area contributed by atoms with Crippen LogP contribution in [-0.4, -0.2) is 22.4 Å². The molecule has 2 aromatic rings. The van der Waals surface area contributed by atoms with Gasteiger partial charge in [-0.05, 0) is 35.7 Å². The topological polar surface area (TPSA) is 49.4 Å². The van der Waals surface area contributed by atoms with Crippen molar-refractivity contribution in [2.75, 3.05) is 0 Å². The molecular formula is C15H16N2O2S. The van der Waals surface area contributed by atoms with Gasteiger partial charge in [0.2, 0.25) is 0 Å². The van der Waals surface area contributed by atoms with Crippen molar-refractivity contribution in [1.82, 2.24) is 10.2 Å². The molecule has 0 radical (unpaired) electrons. The van der Waals surface area contributed by atoms with Crippen LogP contribution in [0.1, 0.15) is 25.8 Å². The van der Waals surface area contributed by atoms with Crippen molar-refractivity contribution in [3.63, 3.8) is 0 Å². The standard InChI is InChI=1S/C15H16N2O2S/c1-3-15(2)13(18)16-14(19)17(15)8-10-9-20-12-7-5-4-6-11(10)12/h4-7,9H,3,8H2,1-2H3,(H,16,18,19). The van der Waals surface area contributed by atoms with Crippen LogP contribution < -0.4 is 5.32 Å². The zero-order chi connectivity index (χ0) is 14.3. The van der Waals surface area contributed by atoms with Gasteiger partial charge in [-0.15, -0.1) is 11.3 Å². The lowest BCUT2D eigenvalue weighted by Gasteiger charge is -2.30. The van der Waals surface area contributed by atoms with E-state index >= 15 is 0 Å². The Kier molecular flexibility index (Phi) is 3.01. The fourth-order valence-electron chi connectivity index (χ4n) is 2.57. The Morgan fingerprint density at radius 2 is 2.05 bits per heavy atom. The number of urea groups is 1. The molecule has 1 aromatic heterocycles. The van der Waals surface area contributed by atoms with E-state index in [1.165, 1.54) is 4.70 Å². The minimum atomic E-state index is -0.750. The molecule has 104 valence electrons. The summed E-state index contributed by atoms with van der Waals surface area (Å²) in [7, 11) is 0. The number of benzene rings is 1. The Morgan fingerprint density at radius 3 is 2.80 bits per heavy atom. The summed E-state index contributed by atoms with van der Waals surface area (Å²) in [6.45, 7) is 4.21. The van der Waals surface area contributed by atoms with Gasteiger partial charge in [0.05, 0.1) is 0 Å². The number of rotatable bonds is 3. The molecule has 3 amide bonds. The third-order valence-electron chi connectivity index (χ3n) is 4.13. The number of carbonyl (C=O) groups excluding carboxylic acids is 2. The molecule has 1 aliphatic rings. The molecule has 5 heteroatoms. The van der Waals surface area contributed by atoms with Crippen LogP contribution in [0.2, 0.25) is 0 Å². The van der Waals surface area contributed by atoms with Crippen molar-refractivity contribution >= 4 is 33.4 Å². The van der Waals surface area contributed by atoms with E-state index in [2.05, 4.69) is 22.8 Å². The van der Waals surface area contributed by atoms with E-state index in [1.807, 2.05) is 26.0 Å². The van der Waals surface area contributed by atoms with E-state index in [-0.39, 0.29) is 11.9 Å². The van der Waals surface area contributed by atoms with Crippen molar-refractivity contribution in [1.29, 1.82) is 0 Å². The number of carbonyl (C=O) groups is 2. The van der Waals surface area contributed by atoms with Crippen LogP contribution in [0.5, 0.6) is 0 Å². The molecule has 20 heavy (non-hydrogen) atoms. The summed E-state index contributed by atoms with van der Waals surface area (Å²) in [5.74, 6) is -0.204. The number of thiophene rings is 1. The smallest absolute Gasteiger partial charge is 0.306 e. The average molecular weight is 288 g/mol. The molecule has 0 saturated carbocycles. The molecule has 1 saturated heterocycles. The number of amides is 3. The highest BCUT2D eigenvalue weighted by Crippen LogP contribution is 2.31. The molecule has 1 N–H and O–H groups in total. The van der Waals surface area contributed by atoms with Crippen molar-refractivity contribution in [2.45, 2.75) is 32.4 Å². The molecule has 2 heterocycles. The van der Waals surface area contributed by atoms with Crippen LogP contribution >= 0.6 is 11.3 Å². The summed E-state index contributed by atoms with van der Waals surface area (Å²) < 4.78 is 1.20. The molecule has 4 nitrogen and oxygen atoms in total. The second-order valence-electron chi connectivity index (χ2n) is 5.23. The lowest BCUT2D eigenvalue weighted by molar-refractivity contribution is -0.126. The normalized spacial score (nSPS) is 22.6. The second-order valence-corrected chi connectivity index (χ2v) is 6.14. The monoisotopic (exact) mass is 288 g/mol. The highest BCUT2D eigenvalue weighted by molar-refractivity contribution is 7.17. The van der Waals surface area contributed by atoms with E-state index in [1.54, 1.807) is 16.2 Å². The summed E-state index contributed by atoms with van der Waals surface area (Å²) >= 11 is 1.66. The summed E-state index contributed by atoms with van der Waals surface area (Å²) in [6, 6.07) is 7.82. The minimum absolute atomic E-state index is 0.204. The summed E-state index contributed by atoms with van der Waals surface area (Å²) in [5.41, 5.74) is 0.343. The van der Waals surface area contributed by atoms with Gasteiger partial charge in [0.15, 0.2) is 0 Å². The maximum atomic E-state index is 12.0. The molecule has 0 bridgehead atoms. The number of hydrogen-bond donors (Lipinski definition) is 1. The van der Waals surface area contributed by atoms with Gasteiger partial charge in [-0.3, -0.25) is 10.1 Å². The molecule has 1 atom stereocenters. The van der Waals surface area contributed by atoms with E-state index in [4.69, 9.17) is 0 Å². The first-order valence-corrected chi connectivity index (χ1v) is 7.52. The van der Waals surface area contributed by atoms with Gasteiger partial charge in [0.1, 0.15) is 5.54 Å². The summed E-state index contributed by atoms with van der Waals surface area (Å²) in [6.07, 6.45) is 0.604. The van der Waals surface area contributed by atoms with Gasteiger partial charge in [-0.1, -0.05) is 25.1 Å². The maximum Gasteiger partial charge on any atom is 0.325 e. The Bertz CT molecular complexity index is 694. The lowest BCUT2D eigenvalue weighted by Crippen LogP contribution is -2.45. The zero-order valence-electron chi connectivity index (χ0n) is 11.5. The fraction of sp³-hybridized carbons (Fsp3) is 0.333. The number of imide groups is 1. The predicted octanol–water partition coefficient (Wildman–Crippen LogP) is 3.12. The third-order valence-corrected chi connectivity index (χ3v) is 5.14. The number of hydrogen-bond acceptors (Lipinski definition) is 3. The minimum Gasteiger partial charge on any atom is -0.306 e. The lowest BCUT2D eigenvalue weighted by atomic mass is 9.97. The first kappa shape index (κ1) is 13.1. The van der Waals surface area contributed by atoms with Crippen molar-refractivity contribution < 1.29 is 9.59 Å². The SMILES string of the molecule is CCC1(C)C(=O)NC(=O)N1Cc1csc2ccccc12. The van der Waals surface area contributed by atoms with Crippen LogP contribution in [0.4, 0.5) is 4.79 Å². The zero-order valence-corrected chi connectivity index (χ0v) is 12.3. The quantitative estimate of drug-likeness (QED) is 0.882. The van der Waals surface area contributed by atoms with Gasteiger partial charge in [-0.2, -0.15) is 0 Å². The van der Waals surface area contributed by atoms with Crippen LogP contribution in [0.25, 0.3) is 10.1 Å². The third kappa shape index (κ3) is 1.81. The fourth-order valence-corrected chi connectivity index (χ4v) is 3.52. The molecule has 0 spiro atoms. The molecule has 1 unspecified atom stereocenters.